The third kappa shape index (κ3) is 2.71. The largest absolute Gasteiger partial charge is 0.451 e. The van der Waals surface area contributed by atoms with Crippen LogP contribution in [-0.4, -0.2) is 48.3 Å². The smallest absolute Gasteiger partial charge is 0.290 e. The maximum absolute atomic E-state index is 12.8. The van der Waals surface area contributed by atoms with Crippen LogP contribution in [0.15, 0.2) is 22.6 Å². The Hall–Kier alpha value is -2.30. The summed E-state index contributed by atoms with van der Waals surface area (Å²) >= 11 is 0. The van der Waals surface area contributed by atoms with Crippen LogP contribution in [0.1, 0.15) is 34.5 Å². The molecule has 3 rings (SSSR count). The Morgan fingerprint density at radius 2 is 1.87 bits per heavy atom. The normalized spacial score (nSPS) is 17.7. The van der Waals surface area contributed by atoms with Crippen LogP contribution < -0.4 is 0 Å². The highest BCUT2D eigenvalue weighted by atomic mass is 16.3. The number of nitrogens with zero attached hydrogens (tertiary/aromatic N) is 2. The molecule has 0 N–H and O–H groups in total. The number of furan rings is 1. The van der Waals surface area contributed by atoms with Crippen molar-refractivity contribution in [3.05, 3.63) is 35.1 Å². The van der Waals surface area contributed by atoms with Crippen molar-refractivity contribution in [2.24, 2.45) is 0 Å². The molecule has 0 aliphatic carbocycles. The van der Waals surface area contributed by atoms with E-state index >= 15 is 0 Å². The topological polar surface area (TPSA) is 53.8 Å². The van der Waals surface area contributed by atoms with Gasteiger partial charge in [0.25, 0.3) is 5.91 Å². The molecule has 0 bridgehead atoms. The molecule has 1 fully saturated rings. The van der Waals surface area contributed by atoms with Crippen LogP contribution in [-0.2, 0) is 4.79 Å². The van der Waals surface area contributed by atoms with Crippen LogP contribution in [0.2, 0.25) is 0 Å². The molecule has 1 aliphatic rings. The van der Waals surface area contributed by atoms with Crippen molar-refractivity contribution in [2.45, 2.75) is 32.7 Å². The molecule has 0 spiro atoms. The molecule has 2 amide bonds. The van der Waals surface area contributed by atoms with Gasteiger partial charge in [0, 0.05) is 26.0 Å². The fraction of sp³-hybridized carbons (Fsp3) is 0.444. The van der Waals surface area contributed by atoms with E-state index in [1.807, 2.05) is 26.0 Å². The van der Waals surface area contributed by atoms with Gasteiger partial charge in [0.1, 0.15) is 11.6 Å². The minimum Gasteiger partial charge on any atom is -0.451 e. The Labute approximate surface area is 135 Å². The number of hydrogen-bond donors (Lipinski definition) is 0. The summed E-state index contributed by atoms with van der Waals surface area (Å²) in [6.45, 7) is 4.65. The third-order valence-corrected chi connectivity index (χ3v) is 4.58. The van der Waals surface area contributed by atoms with Crippen LogP contribution in [0.3, 0.4) is 0 Å². The lowest BCUT2D eigenvalue weighted by Gasteiger charge is -2.25. The Morgan fingerprint density at radius 1 is 1.17 bits per heavy atom. The SMILES string of the molecule is Cc1cc2cc(C(=O)N3CCCC3C(=O)N(C)C)oc2cc1C. The molecular weight excluding hydrogens is 292 g/mol. The molecule has 2 aromatic rings. The Morgan fingerprint density at radius 3 is 2.57 bits per heavy atom. The van der Waals surface area contributed by atoms with E-state index in [-0.39, 0.29) is 17.9 Å². The number of likely N-dealkylation sites (tertiary alicyclic amines) is 1. The van der Waals surface area contributed by atoms with E-state index in [0.29, 0.717) is 24.3 Å². The van der Waals surface area contributed by atoms with E-state index in [0.717, 1.165) is 17.4 Å². The van der Waals surface area contributed by atoms with Gasteiger partial charge in [-0.05, 0) is 56.0 Å². The number of carbonyl (C=O) groups is 2. The summed E-state index contributed by atoms with van der Waals surface area (Å²) in [5, 5.41) is 0.922. The lowest BCUT2D eigenvalue weighted by Crippen LogP contribution is -2.45. The summed E-state index contributed by atoms with van der Waals surface area (Å²) < 4.78 is 5.75. The minimum atomic E-state index is -0.380. The maximum atomic E-state index is 12.8. The highest BCUT2D eigenvalue weighted by Gasteiger charge is 2.36. The lowest BCUT2D eigenvalue weighted by molar-refractivity contribution is -0.132. The standard InChI is InChI=1S/C18H22N2O3/c1-11-8-13-10-16(23-15(13)9-12(11)2)18(22)20-7-5-6-14(20)17(21)19(3)4/h8-10,14H,5-7H2,1-4H3. The number of amides is 2. The predicted molar refractivity (Wildman–Crippen MR) is 88.4 cm³/mol. The fourth-order valence-electron chi connectivity index (χ4n) is 3.11. The lowest BCUT2D eigenvalue weighted by atomic mass is 10.1. The second-order valence-electron chi connectivity index (χ2n) is 6.47. The first-order chi connectivity index (χ1) is 10.9. The second-order valence-corrected chi connectivity index (χ2v) is 6.47. The maximum Gasteiger partial charge on any atom is 0.290 e. The van der Waals surface area contributed by atoms with Gasteiger partial charge >= 0.3 is 0 Å². The summed E-state index contributed by atoms with van der Waals surface area (Å²) in [6.07, 6.45) is 1.55. The van der Waals surface area contributed by atoms with Gasteiger partial charge in [0.15, 0.2) is 5.76 Å². The summed E-state index contributed by atoms with van der Waals surface area (Å²) in [6, 6.07) is 5.37. The van der Waals surface area contributed by atoms with Crippen LogP contribution >= 0.6 is 0 Å². The molecular formula is C18H22N2O3. The highest BCUT2D eigenvalue weighted by molar-refractivity contribution is 5.99. The molecule has 1 atom stereocenters. The summed E-state index contributed by atoms with van der Waals surface area (Å²) in [7, 11) is 3.44. The average Bonchev–Trinajstić information content (AvgIpc) is 3.12. The van der Waals surface area contributed by atoms with Gasteiger partial charge in [-0.1, -0.05) is 0 Å². The zero-order valence-electron chi connectivity index (χ0n) is 14.0. The second kappa shape index (κ2) is 5.72. The van der Waals surface area contributed by atoms with Gasteiger partial charge in [-0.25, -0.2) is 0 Å². The van der Waals surface area contributed by atoms with E-state index in [1.165, 1.54) is 5.56 Å². The number of likely N-dealkylation sites (N-methyl/N-ethyl adjacent to an activating group) is 1. The molecule has 1 aliphatic heterocycles. The molecule has 1 saturated heterocycles. The van der Waals surface area contributed by atoms with Crippen molar-refractivity contribution in [1.29, 1.82) is 0 Å². The van der Waals surface area contributed by atoms with Crippen LogP contribution in [0, 0.1) is 13.8 Å². The van der Waals surface area contributed by atoms with Crippen LogP contribution in [0.25, 0.3) is 11.0 Å². The van der Waals surface area contributed by atoms with E-state index in [4.69, 9.17) is 4.42 Å². The molecule has 0 radical (unpaired) electrons. The number of carbonyl (C=O) groups excluding carboxylic acids is 2. The van der Waals surface area contributed by atoms with Crippen molar-refractivity contribution in [3.8, 4) is 0 Å². The van der Waals surface area contributed by atoms with Gasteiger partial charge < -0.3 is 14.2 Å². The molecule has 1 unspecified atom stereocenters. The van der Waals surface area contributed by atoms with Gasteiger partial charge in [-0.15, -0.1) is 0 Å². The number of benzene rings is 1. The number of rotatable bonds is 2. The van der Waals surface area contributed by atoms with Gasteiger partial charge in [0.2, 0.25) is 5.91 Å². The first-order valence-electron chi connectivity index (χ1n) is 7.91. The van der Waals surface area contributed by atoms with Crippen molar-refractivity contribution >= 4 is 22.8 Å². The molecule has 2 heterocycles. The van der Waals surface area contributed by atoms with Gasteiger partial charge in [-0.2, -0.15) is 0 Å². The zero-order valence-corrected chi connectivity index (χ0v) is 14.0. The van der Waals surface area contributed by atoms with Crippen LogP contribution in [0.5, 0.6) is 0 Å². The zero-order chi connectivity index (χ0) is 16.7. The number of fused-ring (bicyclic) bond motifs is 1. The third-order valence-electron chi connectivity index (χ3n) is 4.58. The summed E-state index contributed by atoms with van der Waals surface area (Å²) in [5.41, 5.74) is 3.01. The Bertz CT molecular complexity index is 737. The number of aryl methyl sites for hydroxylation is 2. The average molecular weight is 314 g/mol. The monoisotopic (exact) mass is 314 g/mol. The van der Waals surface area contributed by atoms with Crippen molar-refractivity contribution in [1.82, 2.24) is 9.80 Å². The van der Waals surface area contributed by atoms with Gasteiger partial charge in [0.05, 0.1) is 0 Å². The van der Waals surface area contributed by atoms with Crippen molar-refractivity contribution in [2.75, 3.05) is 20.6 Å². The molecule has 5 nitrogen and oxygen atoms in total. The fourth-order valence-corrected chi connectivity index (χ4v) is 3.11. The molecule has 5 heteroatoms. The summed E-state index contributed by atoms with van der Waals surface area (Å²) in [4.78, 5) is 28.2. The minimum absolute atomic E-state index is 0.0290. The Balaban J connectivity index is 1.92. The highest BCUT2D eigenvalue weighted by Crippen LogP contribution is 2.27. The van der Waals surface area contributed by atoms with Gasteiger partial charge in [-0.3, -0.25) is 9.59 Å². The van der Waals surface area contributed by atoms with E-state index < -0.39 is 0 Å². The first kappa shape index (κ1) is 15.6. The first-order valence-corrected chi connectivity index (χ1v) is 7.91. The predicted octanol–water partition coefficient (Wildman–Crippen LogP) is 2.74. The number of hydrogen-bond acceptors (Lipinski definition) is 3. The molecule has 23 heavy (non-hydrogen) atoms. The molecule has 122 valence electrons. The molecule has 0 saturated carbocycles. The quantitative estimate of drug-likeness (QED) is 0.856. The summed E-state index contributed by atoms with van der Waals surface area (Å²) in [5.74, 6) is 0.0799. The van der Waals surface area contributed by atoms with E-state index in [2.05, 4.69) is 0 Å². The van der Waals surface area contributed by atoms with Crippen molar-refractivity contribution in [3.63, 3.8) is 0 Å². The molecule has 1 aromatic heterocycles. The van der Waals surface area contributed by atoms with E-state index in [9.17, 15) is 9.59 Å². The Kier molecular flexibility index (Phi) is 3.88. The van der Waals surface area contributed by atoms with Crippen molar-refractivity contribution < 1.29 is 14.0 Å². The molecule has 1 aromatic carbocycles. The van der Waals surface area contributed by atoms with E-state index in [1.54, 1.807) is 30.0 Å². The van der Waals surface area contributed by atoms with Crippen LogP contribution in [0.4, 0.5) is 0 Å².